The van der Waals surface area contributed by atoms with Gasteiger partial charge in [0.15, 0.2) is 11.5 Å². The lowest BCUT2D eigenvalue weighted by atomic mass is 9.96. The van der Waals surface area contributed by atoms with Crippen molar-refractivity contribution in [2.24, 2.45) is 0 Å². The van der Waals surface area contributed by atoms with Crippen molar-refractivity contribution in [1.82, 2.24) is 9.03 Å². The lowest BCUT2D eigenvalue weighted by Gasteiger charge is -2.24. The smallest absolute Gasteiger partial charge is 0.171 e. The normalized spacial score (nSPS) is 12.0. The maximum Gasteiger partial charge on any atom is 0.171 e. The molecule has 0 amide bonds. The van der Waals surface area contributed by atoms with Gasteiger partial charge < -0.3 is 9.47 Å². The predicted octanol–water partition coefficient (Wildman–Crippen LogP) is 16.1. The lowest BCUT2D eigenvalue weighted by Crippen LogP contribution is -2.09. The average Bonchev–Trinajstić information content (AvgIpc) is 3.83. The molecular weight excluding hydrogens is 836 g/mol. The fourth-order valence-electron chi connectivity index (χ4n) is 8.02. The number of ether oxygens (including phenoxy) is 2. The second-order valence-electron chi connectivity index (χ2n) is 14.4. The van der Waals surface area contributed by atoms with Crippen molar-refractivity contribution in [1.29, 1.82) is 0 Å². The molecule has 0 fully saturated rings. The van der Waals surface area contributed by atoms with Crippen molar-refractivity contribution in [3.8, 4) is 32.4 Å². The van der Waals surface area contributed by atoms with Gasteiger partial charge in [0.1, 0.15) is 0 Å². The Morgan fingerprint density at radius 2 is 0.926 bits per heavy atom. The number of nitrogens with zero attached hydrogens (tertiary/aromatic N) is 2. The van der Waals surface area contributed by atoms with Crippen LogP contribution in [0.4, 0.5) is 0 Å². The van der Waals surface area contributed by atoms with E-state index in [4.69, 9.17) is 9.47 Å². The Morgan fingerprint density at radius 1 is 0.500 bits per heavy atom. The van der Waals surface area contributed by atoms with Crippen LogP contribution in [-0.2, 0) is 0 Å². The Labute approximate surface area is 343 Å². The van der Waals surface area contributed by atoms with E-state index < -0.39 is 0 Å². The molecule has 0 saturated carbocycles. The Bertz CT molecular complexity index is 2370. The van der Waals surface area contributed by atoms with Gasteiger partial charge in [0.25, 0.3) is 0 Å². The molecule has 0 atom stereocenters. The van der Waals surface area contributed by atoms with E-state index in [0.717, 1.165) is 63.6 Å². The molecule has 8 rings (SSSR count). The van der Waals surface area contributed by atoms with Gasteiger partial charge in [-0.2, -0.15) is 0 Å². The first kappa shape index (κ1) is 37.6. The maximum atomic E-state index is 7.07. The minimum Gasteiger partial charge on any atom is -0.489 e. The van der Waals surface area contributed by atoms with E-state index in [1.54, 1.807) is 22.7 Å². The number of benzene rings is 4. The Hall–Kier alpha value is -3.30. The van der Waals surface area contributed by atoms with Crippen LogP contribution in [0, 0.1) is 0 Å². The van der Waals surface area contributed by atoms with Crippen molar-refractivity contribution in [3.05, 3.63) is 92.8 Å². The fourth-order valence-corrected chi connectivity index (χ4v) is 10.9. The predicted molar refractivity (Wildman–Crippen MR) is 241 cm³/mol. The zero-order valence-corrected chi connectivity index (χ0v) is 36.1. The Kier molecular flexibility index (Phi) is 12.0. The minimum atomic E-state index is 0.652. The monoisotopic (exact) mass is 882 g/mol. The summed E-state index contributed by atoms with van der Waals surface area (Å²) in [5.74, 6) is 1.72. The van der Waals surface area contributed by atoms with Crippen LogP contribution in [-0.4, -0.2) is 22.2 Å². The molecule has 0 aliphatic heterocycles. The third kappa shape index (κ3) is 7.48. The molecular formula is C46H48Br2N2O2S2. The highest BCUT2D eigenvalue weighted by Gasteiger charge is 2.27. The van der Waals surface area contributed by atoms with E-state index in [1.165, 1.54) is 96.8 Å². The number of aromatic nitrogens is 2. The highest BCUT2D eigenvalue weighted by atomic mass is 79.9. The third-order valence-electron chi connectivity index (χ3n) is 10.7. The van der Waals surface area contributed by atoms with Crippen LogP contribution in [0.2, 0.25) is 0 Å². The van der Waals surface area contributed by atoms with Crippen LogP contribution < -0.4 is 9.47 Å². The number of unbranched alkanes of at least 4 members (excludes halogenated alkanes) is 10. The molecule has 0 saturated heterocycles. The van der Waals surface area contributed by atoms with Gasteiger partial charge >= 0.3 is 0 Å². The highest BCUT2D eigenvalue weighted by molar-refractivity contribution is 9.11. The number of rotatable bonds is 18. The highest BCUT2D eigenvalue weighted by Crippen LogP contribution is 2.54. The number of thiophene rings is 2. The molecule has 0 N–H and O–H groups in total. The van der Waals surface area contributed by atoms with Crippen molar-refractivity contribution < 1.29 is 9.47 Å². The largest absolute Gasteiger partial charge is 0.489 e. The van der Waals surface area contributed by atoms with Crippen molar-refractivity contribution >= 4 is 97.9 Å². The number of halogens is 2. The molecule has 4 aromatic carbocycles. The first-order valence-corrected chi connectivity index (χ1v) is 23.0. The second kappa shape index (κ2) is 17.2. The zero-order valence-electron chi connectivity index (χ0n) is 31.3. The quantitative estimate of drug-likeness (QED) is 0.0488. The topological polar surface area (TPSA) is 27.3 Å². The molecule has 0 bridgehead atoms. The summed E-state index contributed by atoms with van der Waals surface area (Å²) in [6.07, 6.45) is 19.2. The molecule has 8 heteroatoms. The molecule has 0 radical (unpaired) electrons. The van der Waals surface area contributed by atoms with Gasteiger partial charge in [-0.25, -0.2) is 0 Å². The van der Waals surface area contributed by atoms with Gasteiger partial charge in [-0.05, 0) is 91.9 Å². The van der Waals surface area contributed by atoms with Crippen LogP contribution in [0.3, 0.4) is 0 Å². The summed E-state index contributed by atoms with van der Waals surface area (Å²) in [7, 11) is 0. The molecule has 0 aliphatic rings. The van der Waals surface area contributed by atoms with Crippen molar-refractivity contribution in [2.45, 2.75) is 90.9 Å². The molecule has 0 aliphatic carbocycles. The van der Waals surface area contributed by atoms with Crippen molar-refractivity contribution in [3.63, 3.8) is 0 Å². The molecule has 8 aromatic rings. The molecule has 4 nitrogen and oxygen atoms in total. The van der Waals surface area contributed by atoms with E-state index in [2.05, 4.69) is 140 Å². The lowest BCUT2D eigenvalue weighted by molar-refractivity contribution is 0.260. The van der Waals surface area contributed by atoms with Gasteiger partial charge in [0.2, 0.25) is 0 Å². The summed E-state index contributed by atoms with van der Waals surface area (Å²) in [6, 6.07) is 26.6. The molecule has 4 heterocycles. The Balaban J connectivity index is 1.40. The molecule has 4 aromatic heterocycles. The van der Waals surface area contributed by atoms with Gasteiger partial charge in [-0.1, -0.05) is 114 Å². The van der Waals surface area contributed by atoms with Gasteiger partial charge in [-0.15, -0.1) is 22.7 Å². The SMILES string of the molecule is CCCCCCCCOc1c(OCCCCCCCC)c(-c2ccc(Br)s2)c2cn3c4cccc5ccc6cccc(c6c54)n3cc2c1-c1ccc(Br)s1. The minimum absolute atomic E-state index is 0.652. The summed E-state index contributed by atoms with van der Waals surface area (Å²) in [5.41, 5.74) is 4.55. The molecule has 0 spiro atoms. The number of fused-ring (bicyclic) bond motifs is 4. The summed E-state index contributed by atoms with van der Waals surface area (Å²) in [5, 5.41) is 7.37. The van der Waals surface area contributed by atoms with Crippen LogP contribution in [0.1, 0.15) is 90.9 Å². The standard InChI is InChI=1S/C46H48Br2N2O2S2/c1-3-5-7-9-11-13-27-51-45-43(37-23-25-39(47)53-37)33-29-49-35-19-15-17-31-21-22-32-18-16-20-36(42(32)41(31)35)50(49)30-34(33)44(38-24-26-40(48)54-38)46(45)52-28-14-12-10-8-6-4-2/h15-26,29-30H,3-14,27-28H2,1-2H3. The van der Waals surface area contributed by atoms with E-state index in [1.807, 2.05) is 0 Å². The average molecular weight is 885 g/mol. The zero-order chi connectivity index (χ0) is 37.0. The van der Waals surface area contributed by atoms with Gasteiger partial charge in [0.05, 0.1) is 31.8 Å². The summed E-state index contributed by atoms with van der Waals surface area (Å²) >= 11 is 11.1. The summed E-state index contributed by atoms with van der Waals surface area (Å²) in [4.78, 5) is 2.32. The van der Waals surface area contributed by atoms with Gasteiger partial charge in [-0.3, -0.25) is 9.03 Å². The summed E-state index contributed by atoms with van der Waals surface area (Å²) in [6.45, 7) is 5.85. The van der Waals surface area contributed by atoms with Crippen LogP contribution >= 0.6 is 54.5 Å². The first-order chi connectivity index (χ1) is 26.6. The molecule has 280 valence electrons. The third-order valence-corrected chi connectivity index (χ3v) is 14.0. The molecule has 0 unspecified atom stereocenters. The second-order valence-corrected chi connectivity index (χ2v) is 19.4. The van der Waals surface area contributed by atoms with E-state index in [0.29, 0.717) is 13.2 Å². The fraction of sp³-hybridized carbons (Fsp3) is 0.348. The molecule has 54 heavy (non-hydrogen) atoms. The maximum absolute atomic E-state index is 7.07. The van der Waals surface area contributed by atoms with E-state index in [9.17, 15) is 0 Å². The van der Waals surface area contributed by atoms with E-state index in [-0.39, 0.29) is 0 Å². The Morgan fingerprint density at radius 3 is 1.33 bits per heavy atom. The first-order valence-electron chi connectivity index (χ1n) is 19.8. The van der Waals surface area contributed by atoms with Crippen LogP contribution in [0.15, 0.2) is 92.8 Å². The van der Waals surface area contributed by atoms with Crippen molar-refractivity contribution in [2.75, 3.05) is 13.2 Å². The number of hydrogen-bond donors (Lipinski definition) is 0. The van der Waals surface area contributed by atoms with Gasteiger partial charge in [0, 0.05) is 54.8 Å². The van der Waals surface area contributed by atoms with Crippen LogP contribution in [0.25, 0.3) is 64.2 Å². The van der Waals surface area contributed by atoms with Crippen LogP contribution in [0.5, 0.6) is 11.5 Å². The summed E-state index contributed by atoms with van der Waals surface area (Å²) < 4.78 is 21.0. The number of hydrogen-bond acceptors (Lipinski definition) is 4. The van der Waals surface area contributed by atoms with E-state index >= 15 is 0 Å².